The fraction of sp³-hybridized carbons (Fsp3) is 0.235. The molecule has 0 saturated heterocycles. The molecule has 0 aromatic heterocycles. The molecule has 102 valence electrons. The highest BCUT2D eigenvalue weighted by Gasteiger charge is 2.25. The van der Waals surface area contributed by atoms with Gasteiger partial charge in [-0.05, 0) is 28.8 Å². The molecule has 20 heavy (non-hydrogen) atoms. The van der Waals surface area contributed by atoms with Crippen LogP contribution in [-0.4, -0.2) is 20.0 Å². The average Bonchev–Trinajstić information content (AvgIpc) is 2.46. The van der Waals surface area contributed by atoms with Gasteiger partial charge in [0.25, 0.3) is 0 Å². The van der Waals surface area contributed by atoms with Crippen LogP contribution in [0, 0.1) is 0 Å². The van der Waals surface area contributed by atoms with Crippen LogP contribution in [0.5, 0.6) is 0 Å². The summed E-state index contributed by atoms with van der Waals surface area (Å²) in [4.78, 5) is 13.9. The Bertz CT molecular complexity index is 632. The van der Waals surface area contributed by atoms with Crippen LogP contribution in [-0.2, 0) is 11.2 Å². The van der Waals surface area contributed by atoms with Crippen LogP contribution in [0.4, 0.5) is 5.69 Å². The Morgan fingerprint density at radius 2 is 1.75 bits per heavy atom. The molecule has 1 heterocycles. The van der Waals surface area contributed by atoms with Gasteiger partial charge in [0.05, 0.1) is 12.5 Å². The van der Waals surface area contributed by atoms with Crippen LogP contribution < -0.4 is 10.2 Å². The molecule has 1 atom stereocenters. The third-order valence-corrected chi connectivity index (χ3v) is 3.77. The van der Waals surface area contributed by atoms with Crippen molar-refractivity contribution in [1.29, 1.82) is 0 Å². The Morgan fingerprint density at radius 1 is 1.05 bits per heavy atom. The van der Waals surface area contributed by atoms with Crippen LogP contribution in [0.3, 0.4) is 0 Å². The van der Waals surface area contributed by atoms with E-state index in [2.05, 4.69) is 40.5 Å². The molecule has 1 amide bonds. The van der Waals surface area contributed by atoms with E-state index >= 15 is 0 Å². The molecule has 2 aromatic rings. The summed E-state index contributed by atoms with van der Waals surface area (Å²) in [7, 11) is 4.04. The van der Waals surface area contributed by atoms with Crippen LogP contribution in [0.1, 0.15) is 22.7 Å². The van der Waals surface area contributed by atoms with Crippen molar-refractivity contribution in [2.45, 2.75) is 12.5 Å². The number of amides is 1. The SMILES string of the molecule is CN(C)c1ccc(C2NC(=O)Cc3ccccc32)cc1. The zero-order valence-electron chi connectivity index (χ0n) is 11.8. The van der Waals surface area contributed by atoms with Gasteiger partial charge in [0.15, 0.2) is 0 Å². The van der Waals surface area contributed by atoms with Gasteiger partial charge < -0.3 is 10.2 Å². The summed E-state index contributed by atoms with van der Waals surface area (Å²) in [5.41, 5.74) is 4.60. The van der Waals surface area contributed by atoms with Gasteiger partial charge in [0, 0.05) is 19.8 Å². The van der Waals surface area contributed by atoms with Crippen molar-refractivity contribution in [3.63, 3.8) is 0 Å². The molecule has 3 heteroatoms. The second-order valence-corrected chi connectivity index (χ2v) is 5.36. The minimum atomic E-state index is -0.0383. The predicted octanol–water partition coefficient (Wildman–Crippen LogP) is 2.51. The lowest BCUT2D eigenvalue weighted by Crippen LogP contribution is -2.35. The number of hydrogen-bond donors (Lipinski definition) is 1. The molecule has 0 aliphatic carbocycles. The molecular weight excluding hydrogens is 248 g/mol. The number of rotatable bonds is 2. The van der Waals surface area contributed by atoms with Gasteiger partial charge in [-0.1, -0.05) is 36.4 Å². The third-order valence-electron chi connectivity index (χ3n) is 3.77. The van der Waals surface area contributed by atoms with E-state index in [4.69, 9.17) is 0 Å². The van der Waals surface area contributed by atoms with E-state index in [1.54, 1.807) is 0 Å². The van der Waals surface area contributed by atoms with Crippen LogP contribution in [0.25, 0.3) is 0 Å². The van der Waals surface area contributed by atoms with Crippen molar-refractivity contribution in [3.8, 4) is 0 Å². The maximum Gasteiger partial charge on any atom is 0.225 e. The molecule has 1 aliphatic rings. The summed E-state index contributed by atoms with van der Waals surface area (Å²) in [6, 6.07) is 16.4. The number of carbonyl (C=O) groups excluding carboxylic acids is 1. The molecule has 0 fully saturated rings. The molecular formula is C17H18N2O. The molecule has 1 unspecified atom stereocenters. The van der Waals surface area contributed by atoms with Gasteiger partial charge in [0.1, 0.15) is 0 Å². The van der Waals surface area contributed by atoms with Crippen LogP contribution in [0.15, 0.2) is 48.5 Å². The van der Waals surface area contributed by atoms with Gasteiger partial charge in [0.2, 0.25) is 5.91 Å². The highest BCUT2D eigenvalue weighted by atomic mass is 16.1. The second kappa shape index (κ2) is 5.00. The molecule has 0 spiro atoms. The Balaban J connectivity index is 1.99. The minimum absolute atomic E-state index is 0.0383. The van der Waals surface area contributed by atoms with E-state index in [1.807, 2.05) is 32.3 Å². The molecule has 0 radical (unpaired) electrons. The number of hydrogen-bond acceptors (Lipinski definition) is 2. The predicted molar refractivity (Wildman–Crippen MR) is 80.9 cm³/mol. The molecule has 3 nitrogen and oxygen atoms in total. The molecule has 1 N–H and O–H groups in total. The molecule has 3 rings (SSSR count). The van der Waals surface area contributed by atoms with Crippen LogP contribution in [0.2, 0.25) is 0 Å². The standard InChI is InChI=1S/C17H18N2O/c1-19(2)14-9-7-12(8-10-14)17-15-6-4-3-5-13(15)11-16(20)18-17/h3-10,17H,11H2,1-2H3,(H,18,20). The van der Waals surface area contributed by atoms with E-state index in [1.165, 1.54) is 5.56 Å². The Labute approximate surface area is 119 Å². The van der Waals surface area contributed by atoms with Crippen molar-refractivity contribution < 1.29 is 4.79 Å². The second-order valence-electron chi connectivity index (χ2n) is 5.36. The van der Waals surface area contributed by atoms with E-state index in [0.717, 1.165) is 16.8 Å². The Morgan fingerprint density at radius 3 is 2.45 bits per heavy atom. The normalized spacial score (nSPS) is 17.3. The van der Waals surface area contributed by atoms with Gasteiger partial charge in [-0.25, -0.2) is 0 Å². The first-order valence-electron chi connectivity index (χ1n) is 6.79. The minimum Gasteiger partial charge on any atom is -0.378 e. The van der Waals surface area contributed by atoms with Gasteiger partial charge in [-0.15, -0.1) is 0 Å². The maximum atomic E-state index is 11.9. The highest BCUT2D eigenvalue weighted by molar-refractivity contribution is 5.82. The van der Waals surface area contributed by atoms with E-state index < -0.39 is 0 Å². The first kappa shape index (κ1) is 12.7. The average molecular weight is 266 g/mol. The molecule has 0 saturated carbocycles. The number of anilines is 1. The summed E-state index contributed by atoms with van der Waals surface area (Å²) in [5, 5.41) is 3.08. The van der Waals surface area contributed by atoms with Crippen molar-refractivity contribution >= 4 is 11.6 Å². The van der Waals surface area contributed by atoms with E-state index in [-0.39, 0.29) is 11.9 Å². The number of benzene rings is 2. The Hall–Kier alpha value is -2.29. The molecule has 0 bridgehead atoms. The van der Waals surface area contributed by atoms with Crippen molar-refractivity contribution in [1.82, 2.24) is 5.32 Å². The van der Waals surface area contributed by atoms with E-state index in [9.17, 15) is 4.79 Å². The monoisotopic (exact) mass is 266 g/mol. The maximum absolute atomic E-state index is 11.9. The van der Waals surface area contributed by atoms with Gasteiger partial charge >= 0.3 is 0 Å². The lowest BCUT2D eigenvalue weighted by molar-refractivity contribution is -0.121. The molecule has 2 aromatic carbocycles. The quantitative estimate of drug-likeness (QED) is 0.906. The summed E-state index contributed by atoms with van der Waals surface area (Å²) < 4.78 is 0. The zero-order chi connectivity index (χ0) is 14.1. The smallest absolute Gasteiger partial charge is 0.225 e. The first-order chi connectivity index (χ1) is 9.65. The number of nitrogens with one attached hydrogen (secondary N) is 1. The molecule has 1 aliphatic heterocycles. The summed E-state index contributed by atoms with van der Waals surface area (Å²) in [6.07, 6.45) is 0.475. The lowest BCUT2D eigenvalue weighted by atomic mass is 9.89. The fourth-order valence-electron chi connectivity index (χ4n) is 2.67. The summed E-state index contributed by atoms with van der Waals surface area (Å²) in [5.74, 6) is 0.0883. The van der Waals surface area contributed by atoms with Crippen molar-refractivity contribution in [3.05, 3.63) is 65.2 Å². The lowest BCUT2D eigenvalue weighted by Gasteiger charge is -2.27. The first-order valence-corrected chi connectivity index (χ1v) is 6.79. The number of fused-ring (bicyclic) bond motifs is 1. The van der Waals surface area contributed by atoms with E-state index in [0.29, 0.717) is 6.42 Å². The number of nitrogens with zero attached hydrogens (tertiary/aromatic N) is 1. The summed E-state index contributed by atoms with van der Waals surface area (Å²) >= 11 is 0. The van der Waals surface area contributed by atoms with Crippen molar-refractivity contribution in [2.24, 2.45) is 0 Å². The van der Waals surface area contributed by atoms with Crippen molar-refractivity contribution in [2.75, 3.05) is 19.0 Å². The highest BCUT2D eigenvalue weighted by Crippen LogP contribution is 2.29. The van der Waals surface area contributed by atoms with Crippen LogP contribution >= 0.6 is 0 Å². The largest absolute Gasteiger partial charge is 0.378 e. The fourth-order valence-corrected chi connectivity index (χ4v) is 2.67. The zero-order valence-corrected chi connectivity index (χ0v) is 11.8. The van der Waals surface area contributed by atoms with Gasteiger partial charge in [-0.3, -0.25) is 4.79 Å². The van der Waals surface area contributed by atoms with Gasteiger partial charge in [-0.2, -0.15) is 0 Å². The topological polar surface area (TPSA) is 32.3 Å². The number of carbonyl (C=O) groups is 1. The Kier molecular flexibility index (Phi) is 3.18. The third kappa shape index (κ3) is 2.27. The summed E-state index contributed by atoms with van der Waals surface area (Å²) in [6.45, 7) is 0.